The number of benzene rings is 2. The number of nitrogens with one attached hydrogen (secondary N) is 2. The second-order valence-corrected chi connectivity index (χ2v) is 7.21. The van der Waals surface area contributed by atoms with Crippen molar-refractivity contribution in [2.75, 3.05) is 19.5 Å². The van der Waals surface area contributed by atoms with Crippen LogP contribution < -0.4 is 10.9 Å². The Hall–Kier alpha value is -2.55. The lowest BCUT2D eigenvalue weighted by atomic mass is 10.2. The summed E-state index contributed by atoms with van der Waals surface area (Å²) in [6.07, 6.45) is 0. The van der Waals surface area contributed by atoms with Crippen molar-refractivity contribution in [1.82, 2.24) is 20.4 Å². The number of nitrogens with zero attached hydrogens (tertiary/aromatic N) is 2. The van der Waals surface area contributed by atoms with Crippen LogP contribution in [0.3, 0.4) is 0 Å². The van der Waals surface area contributed by atoms with Gasteiger partial charge in [-0.2, -0.15) is 0 Å². The first-order valence-corrected chi connectivity index (χ1v) is 9.86. The van der Waals surface area contributed by atoms with E-state index in [1.54, 1.807) is 43.5 Å². The van der Waals surface area contributed by atoms with Gasteiger partial charge in [0.05, 0.1) is 23.4 Å². The van der Waals surface area contributed by atoms with Crippen molar-refractivity contribution in [3.63, 3.8) is 0 Å². The van der Waals surface area contributed by atoms with E-state index in [2.05, 4.69) is 15.8 Å². The Morgan fingerprint density at radius 1 is 1.18 bits per heavy atom. The normalized spacial score (nSPS) is 10.8. The molecule has 0 unspecified atom stereocenters. The van der Waals surface area contributed by atoms with Crippen molar-refractivity contribution >= 4 is 46.2 Å². The Balaban J connectivity index is 1.62. The molecule has 0 atom stereocenters. The largest absolute Gasteiger partial charge is 0.383 e. The van der Waals surface area contributed by atoms with E-state index in [-0.39, 0.29) is 17.6 Å². The van der Waals surface area contributed by atoms with Crippen LogP contribution in [0.4, 0.5) is 0 Å². The highest BCUT2D eigenvalue weighted by Gasteiger charge is 2.14. The highest BCUT2D eigenvalue weighted by atomic mass is 35.5. The SMILES string of the molecule is COCCn1c(SCC(=O)NNC(=O)c2ccccc2)nc2cc(Cl)ccc21. The summed E-state index contributed by atoms with van der Waals surface area (Å²) in [5.41, 5.74) is 6.95. The number of amides is 2. The van der Waals surface area contributed by atoms with Gasteiger partial charge in [0.25, 0.3) is 5.91 Å². The van der Waals surface area contributed by atoms with Crippen LogP contribution in [0.25, 0.3) is 11.0 Å². The molecular weight excluding hydrogens is 400 g/mol. The summed E-state index contributed by atoms with van der Waals surface area (Å²) < 4.78 is 7.15. The Morgan fingerprint density at radius 3 is 2.71 bits per heavy atom. The average Bonchev–Trinajstić information content (AvgIpc) is 3.05. The first-order chi connectivity index (χ1) is 13.6. The molecule has 2 amide bonds. The molecular formula is C19H19ClN4O3S. The number of hydrazine groups is 1. The molecule has 28 heavy (non-hydrogen) atoms. The predicted octanol–water partition coefficient (Wildman–Crippen LogP) is 2.89. The van der Waals surface area contributed by atoms with Gasteiger partial charge in [0.2, 0.25) is 5.91 Å². The molecule has 2 N–H and O–H groups in total. The maximum absolute atomic E-state index is 12.1. The predicted molar refractivity (Wildman–Crippen MR) is 109 cm³/mol. The number of methoxy groups -OCH3 is 1. The van der Waals surface area contributed by atoms with Gasteiger partial charge in [0.15, 0.2) is 5.16 Å². The van der Waals surface area contributed by atoms with Crippen molar-refractivity contribution < 1.29 is 14.3 Å². The summed E-state index contributed by atoms with van der Waals surface area (Å²) in [6, 6.07) is 14.1. The molecule has 0 saturated carbocycles. The number of aromatic nitrogens is 2. The van der Waals surface area contributed by atoms with Crippen LogP contribution in [0.5, 0.6) is 0 Å². The van der Waals surface area contributed by atoms with Crippen molar-refractivity contribution in [2.24, 2.45) is 0 Å². The van der Waals surface area contributed by atoms with Gasteiger partial charge in [-0.1, -0.05) is 41.6 Å². The number of hydrogen-bond acceptors (Lipinski definition) is 5. The average molecular weight is 419 g/mol. The fourth-order valence-electron chi connectivity index (χ4n) is 2.54. The van der Waals surface area contributed by atoms with Crippen molar-refractivity contribution in [1.29, 1.82) is 0 Å². The van der Waals surface area contributed by atoms with Crippen LogP contribution in [0.2, 0.25) is 5.02 Å². The summed E-state index contributed by atoms with van der Waals surface area (Å²) in [6.45, 7) is 1.12. The van der Waals surface area contributed by atoms with Crippen LogP contribution in [0.15, 0.2) is 53.7 Å². The van der Waals surface area contributed by atoms with Gasteiger partial charge in [0.1, 0.15) is 0 Å². The van der Waals surface area contributed by atoms with E-state index in [4.69, 9.17) is 16.3 Å². The van der Waals surface area contributed by atoms with E-state index in [1.807, 2.05) is 16.7 Å². The third kappa shape index (κ3) is 5.03. The van der Waals surface area contributed by atoms with Gasteiger partial charge in [0, 0.05) is 24.2 Å². The van der Waals surface area contributed by atoms with Crippen LogP contribution in [0.1, 0.15) is 10.4 Å². The zero-order chi connectivity index (χ0) is 19.9. The molecule has 146 valence electrons. The van der Waals surface area contributed by atoms with Gasteiger partial charge in [-0.05, 0) is 30.3 Å². The van der Waals surface area contributed by atoms with Crippen LogP contribution >= 0.6 is 23.4 Å². The number of ether oxygens (including phenoxy) is 1. The number of imidazole rings is 1. The Kier molecular flexibility index (Phi) is 6.91. The minimum absolute atomic E-state index is 0.0963. The first kappa shape index (κ1) is 20.2. The fraction of sp³-hybridized carbons (Fsp3) is 0.211. The van der Waals surface area contributed by atoms with E-state index < -0.39 is 0 Å². The first-order valence-electron chi connectivity index (χ1n) is 8.50. The monoisotopic (exact) mass is 418 g/mol. The van der Waals surface area contributed by atoms with Crippen LogP contribution in [0, 0.1) is 0 Å². The van der Waals surface area contributed by atoms with Gasteiger partial charge in [-0.3, -0.25) is 20.4 Å². The second kappa shape index (κ2) is 9.59. The number of halogens is 1. The van der Waals surface area contributed by atoms with E-state index in [9.17, 15) is 9.59 Å². The summed E-state index contributed by atoms with van der Waals surface area (Å²) in [5.74, 6) is -0.613. The highest BCUT2D eigenvalue weighted by Crippen LogP contribution is 2.26. The minimum atomic E-state index is -0.374. The molecule has 2 aromatic carbocycles. The molecule has 9 heteroatoms. The molecule has 0 aliphatic rings. The zero-order valence-electron chi connectivity index (χ0n) is 15.1. The van der Waals surface area contributed by atoms with Crippen molar-refractivity contribution in [2.45, 2.75) is 11.7 Å². The molecule has 0 radical (unpaired) electrons. The molecule has 1 heterocycles. The molecule has 3 rings (SSSR count). The lowest BCUT2D eigenvalue weighted by molar-refractivity contribution is -0.119. The number of fused-ring (bicyclic) bond motifs is 1. The van der Waals surface area contributed by atoms with Gasteiger partial charge in [-0.25, -0.2) is 4.98 Å². The molecule has 7 nitrogen and oxygen atoms in total. The Bertz CT molecular complexity index is 978. The van der Waals surface area contributed by atoms with Crippen LogP contribution in [-0.4, -0.2) is 40.8 Å². The van der Waals surface area contributed by atoms with Crippen molar-refractivity contribution in [3.8, 4) is 0 Å². The zero-order valence-corrected chi connectivity index (χ0v) is 16.7. The number of thioether (sulfide) groups is 1. The maximum atomic E-state index is 12.1. The number of rotatable bonds is 7. The molecule has 3 aromatic rings. The lowest BCUT2D eigenvalue weighted by Gasteiger charge is -2.09. The molecule has 0 bridgehead atoms. The highest BCUT2D eigenvalue weighted by molar-refractivity contribution is 7.99. The quantitative estimate of drug-likeness (QED) is 0.455. The Labute approximate surface area is 171 Å². The summed E-state index contributed by atoms with van der Waals surface area (Å²) in [5, 5.41) is 1.28. The maximum Gasteiger partial charge on any atom is 0.269 e. The van der Waals surface area contributed by atoms with Gasteiger partial charge >= 0.3 is 0 Å². The fourth-order valence-corrected chi connectivity index (χ4v) is 3.55. The number of carbonyl (C=O) groups is 2. The second-order valence-electron chi connectivity index (χ2n) is 5.83. The number of carbonyl (C=O) groups excluding carboxylic acids is 2. The molecule has 0 spiro atoms. The van der Waals surface area contributed by atoms with Gasteiger partial charge < -0.3 is 9.30 Å². The summed E-state index contributed by atoms with van der Waals surface area (Å²) in [4.78, 5) is 28.6. The van der Waals surface area contributed by atoms with E-state index in [1.165, 1.54) is 11.8 Å². The summed E-state index contributed by atoms with van der Waals surface area (Å²) in [7, 11) is 1.63. The third-order valence-corrected chi connectivity index (χ3v) is 5.09. The third-order valence-electron chi connectivity index (χ3n) is 3.88. The molecule has 1 aromatic heterocycles. The lowest BCUT2D eigenvalue weighted by Crippen LogP contribution is -2.42. The molecule has 0 aliphatic heterocycles. The van der Waals surface area contributed by atoms with E-state index >= 15 is 0 Å². The standard InChI is InChI=1S/C19H19ClN4O3S/c1-27-10-9-24-16-8-7-14(20)11-15(16)21-19(24)28-12-17(25)22-23-18(26)13-5-3-2-4-6-13/h2-8,11H,9-10,12H2,1H3,(H,22,25)(H,23,26). The Morgan fingerprint density at radius 2 is 1.96 bits per heavy atom. The van der Waals surface area contributed by atoms with E-state index in [0.29, 0.717) is 28.9 Å². The molecule has 0 saturated heterocycles. The van der Waals surface area contributed by atoms with Gasteiger partial charge in [-0.15, -0.1) is 0 Å². The summed E-state index contributed by atoms with van der Waals surface area (Å²) >= 11 is 7.32. The molecule has 0 fully saturated rings. The minimum Gasteiger partial charge on any atom is -0.383 e. The van der Waals surface area contributed by atoms with Crippen molar-refractivity contribution in [3.05, 3.63) is 59.1 Å². The topological polar surface area (TPSA) is 85.2 Å². The number of hydrogen-bond donors (Lipinski definition) is 2. The van der Waals surface area contributed by atoms with E-state index in [0.717, 1.165) is 11.0 Å². The smallest absolute Gasteiger partial charge is 0.269 e. The van der Waals surface area contributed by atoms with Crippen LogP contribution in [-0.2, 0) is 16.1 Å². The molecule has 0 aliphatic carbocycles.